The van der Waals surface area contributed by atoms with Gasteiger partial charge in [0, 0.05) is 23.8 Å². The molecule has 3 aromatic heterocycles. The Morgan fingerprint density at radius 1 is 1.03 bits per heavy atom. The van der Waals surface area contributed by atoms with Gasteiger partial charge in [0.15, 0.2) is 11.0 Å². The molecule has 13 heteroatoms. The SMILES string of the molecule is Cc1c(SCCCSCCCn2c([N+](=O)[O-])cnc2C)ccnc1CSc1nc2ccccc2[nH]1.Cl.Cl. The summed E-state index contributed by atoms with van der Waals surface area (Å²) in [5, 5.41) is 12.0. The number of halogens is 2. The number of benzene rings is 1. The van der Waals surface area contributed by atoms with Crippen LogP contribution in [0.4, 0.5) is 5.82 Å². The highest BCUT2D eigenvalue weighted by atomic mass is 35.5. The lowest BCUT2D eigenvalue weighted by molar-refractivity contribution is -0.392. The first-order valence-electron chi connectivity index (χ1n) is 11.4. The molecule has 1 N–H and O–H groups in total. The average Bonchev–Trinajstić information content (AvgIpc) is 3.44. The van der Waals surface area contributed by atoms with Crippen LogP contribution in [-0.4, -0.2) is 46.7 Å². The summed E-state index contributed by atoms with van der Waals surface area (Å²) >= 11 is 5.46. The number of imidazole rings is 2. The molecule has 0 fully saturated rings. The normalized spacial score (nSPS) is 10.8. The molecule has 0 saturated carbocycles. The fourth-order valence-corrected chi connectivity index (χ4v) is 6.62. The Kier molecular flexibility index (Phi) is 13.1. The molecule has 0 unspecified atom stereocenters. The van der Waals surface area contributed by atoms with Gasteiger partial charge < -0.3 is 15.1 Å². The monoisotopic (exact) mass is 600 g/mol. The predicted octanol–water partition coefficient (Wildman–Crippen LogP) is 7.12. The van der Waals surface area contributed by atoms with Crippen molar-refractivity contribution >= 4 is 77.0 Å². The lowest BCUT2D eigenvalue weighted by Crippen LogP contribution is -2.06. The van der Waals surface area contributed by atoms with E-state index in [0.717, 1.165) is 57.7 Å². The molecule has 37 heavy (non-hydrogen) atoms. The van der Waals surface area contributed by atoms with Crippen molar-refractivity contribution in [3.8, 4) is 0 Å². The van der Waals surface area contributed by atoms with Crippen LogP contribution in [0.3, 0.4) is 0 Å². The zero-order valence-corrected chi connectivity index (χ0v) is 24.7. The topological polar surface area (TPSA) is 103 Å². The van der Waals surface area contributed by atoms with E-state index in [-0.39, 0.29) is 35.6 Å². The summed E-state index contributed by atoms with van der Waals surface area (Å²) in [6.07, 6.45) is 5.25. The van der Waals surface area contributed by atoms with Crippen LogP contribution in [0.2, 0.25) is 0 Å². The van der Waals surface area contributed by atoms with Crippen LogP contribution in [0.25, 0.3) is 11.0 Å². The molecular formula is C24H30Cl2N6O2S3. The minimum atomic E-state index is -0.367. The largest absolute Gasteiger partial charge is 0.358 e. The van der Waals surface area contributed by atoms with E-state index in [9.17, 15) is 10.1 Å². The second-order valence-electron chi connectivity index (χ2n) is 7.97. The highest BCUT2D eigenvalue weighted by Gasteiger charge is 2.16. The van der Waals surface area contributed by atoms with Crippen LogP contribution in [0.1, 0.15) is 29.9 Å². The Morgan fingerprint density at radius 3 is 2.59 bits per heavy atom. The van der Waals surface area contributed by atoms with Gasteiger partial charge in [0.2, 0.25) is 0 Å². The fourth-order valence-electron chi connectivity index (χ4n) is 3.64. The molecule has 4 aromatic rings. The lowest BCUT2D eigenvalue weighted by atomic mass is 10.2. The van der Waals surface area contributed by atoms with Gasteiger partial charge in [-0.25, -0.2) is 14.5 Å². The van der Waals surface area contributed by atoms with E-state index < -0.39 is 0 Å². The van der Waals surface area contributed by atoms with Gasteiger partial charge in [-0.3, -0.25) is 4.98 Å². The number of fused-ring (bicyclic) bond motifs is 1. The standard InChI is InChI=1S/C24H28N6O2S3.2ClH/c1-17-21(16-35-24-27-19-7-3-4-8-20(19)28-24)25-10-9-22(17)34-14-6-13-33-12-5-11-29-18(2)26-15-23(29)30(31)32;;/h3-4,7-10,15H,5-6,11-14,16H2,1-2H3,(H,27,28);2*1H. The van der Waals surface area contributed by atoms with Crippen molar-refractivity contribution in [1.29, 1.82) is 0 Å². The minimum absolute atomic E-state index is 0. The van der Waals surface area contributed by atoms with Crippen molar-refractivity contribution in [2.75, 3.05) is 17.3 Å². The average molecular weight is 602 g/mol. The Morgan fingerprint density at radius 2 is 1.81 bits per heavy atom. The Hall–Kier alpha value is -1.92. The minimum Gasteiger partial charge on any atom is -0.358 e. The first kappa shape index (κ1) is 31.3. The highest BCUT2D eigenvalue weighted by Crippen LogP contribution is 2.29. The molecule has 3 heterocycles. The van der Waals surface area contributed by atoms with E-state index in [2.05, 4.69) is 32.9 Å². The van der Waals surface area contributed by atoms with Crippen LogP contribution in [0.5, 0.6) is 0 Å². The van der Waals surface area contributed by atoms with Gasteiger partial charge in [0.1, 0.15) is 6.20 Å². The maximum Gasteiger partial charge on any atom is 0.342 e. The van der Waals surface area contributed by atoms with Crippen LogP contribution < -0.4 is 0 Å². The number of hydrogen-bond acceptors (Lipinski definition) is 8. The molecule has 0 amide bonds. The number of para-hydroxylation sites is 2. The molecule has 0 radical (unpaired) electrons. The molecule has 0 aliphatic rings. The summed E-state index contributed by atoms with van der Waals surface area (Å²) in [5.41, 5.74) is 4.38. The van der Waals surface area contributed by atoms with E-state index >= 15 is 0 Å². The van der Waals surface area contributed by atoms with Crippen molar-refractivity contribution in [3.63, 3.8) is 0 Å². The third kappa shape index (κ3) is 8.54. The maximum atomic E-state index is 11.1. The molecule has 8 nitrogen and oxygen atoms in total. The zero-order valence-electron chi connectivity index (χ0n) is 20.6. The predicted molar refractivity (Wildman–Crippen MR) is 160 cm³/mol. The van der Waals surface area contributed by atoms with Crippen molar-refractivity contribution in [3.05, 3.63) is 69.9 Å². The molecule has 0 aliphatic heterocycles. The smallest absolute Gasteiger partial charge is 0.342 e. The summed E-state index contributed by atoms with van der Waals surface area (Å²) in [6, 6.07) is 10.2. The molecule has 1 aromatic carbocycles. The van der Waals surface area contributed by atoms with Gasteiger partial charge in [0.25, 0.3) is 0 Å². The number of hydrogen-bond donors (Lipinski definition) is 1. The molecule has 0 aliphatic carbocycles. The molecule has 4 rings (SSSR count). The maximum absolute atomic E-state index is 11.1. The van der Waals surface area contributed by atoms with Crippen LogP contribution >= 0.6 is 60.1 Å². The Bertz CT molecular complexity index is 1270. The van der Waals surface area contributed by atoms with E-state index in [1.54, 1.807) is 23.3 Å². The number of pyridine rings is 1. The van der Waals surface area contributed by atoms with Crippen molar-refractivity contribution in [2.45, 2.75) is 49.0 Å². The second kappa shape index (κ2) is 15.5. The highest BCUT2D eigenvalue weighted by molar-refractivity contribution is 8.00. The first-order valence-corrected chi connectivity index (χ1v) is 14.5. The summed E-state index contributed by atoms with van der Waals surface area (Å²) in [5.74, 6) is 4.67. The number of H-pyrrole nitrogens is 1. The molecule has 0 spiro atoms. The second-order valence-corrected chi connectivity index (χ2v) is 11.3. The summed E-state index contributed by atoms with van der Waals surface area (Å²) in [6.45, 7) is 4.59. The van der Waals surface area contributed by atoms with E-state index in [1.165, 1.54) is 16.7 Å². The summed E-state index contributed by atoms with van der Waals surface area (Å²) in [4.78, 5) is 28.6. The number of nitrogens with one attached hydrogen (secondary N) is 1. The number of nitro groups is 1. The van der Waals surface area contributed by atoms with E-state index in [0.29, 0.717) is 12.4 Å². The number of nitrogens with zero attached hydrogens (tertiary/aromatic N) is 5. The van der Waals surface area contributed by atoms with Crippen molar-refractivity contribution in [2.24, 2.45) is 0 Å². The first-order chi connectivity index (χ1) is 17.0. The van der Waals surface area contributed by atoms with Gasteiger partial charge in [-0.15, -0.1) is 36.6 Å². The van der Waals surface area contributed by atoms with Gasteiger partial charge in [-0.05, 0) is 65.7 Å². The number of aromatic amines is 1. The third-order valence-corrected chi connectivity index (χ3v) is 8.84. The fraction of sp³-hybridized carbons (Fsp3) is 0.375. The van der Waals surface area contributed by atoms with Crippen molar-refractivity contribution < 1.29 is 4.92 Å². The molecular weight excluding hydrogens is 571 g/mol. The third-order valence-electron chi connectivity index (χ3n) is 5.55. The molecule has 0 atom stereocenters. The lowest BCUT2D eigenvalue weighted by Gasteiger charge is -2.09. The number of aryl methyl sites for hydroxylation is 1. The summed E-state index contributed by atoms with van der Waals surface area (Å²) in [7, 11) is 0. The number of rotatable bonds is 13. The quantitative estimate of drug-likeness (QED) is 0.0748. The Balaban J connectivity index is 0.00000241. The van der Waals surface area contributed by atoms with Crippen LogP contribution in [0.15, 0.2) is 52.8 Å². The number of aromatic nitrogens is 5. The van der Waals surface area contributed by atoms with Gasteiger partial charge >= 0.3 is 5.82 Å². The summed E-state index contributed by atoms with van der Waals surface area (Å²) < 4.78 is 1.69. The van der Waals surface area contributed by atoms with Gasteiger partial charge in [0.05, 0.1) is 23.3 Å². The molecule has 0 saturated heterocycles. The van der Waals surface area contributed by atoms with Gasteiger partial charge in [-0.2, -0.15) is 11.8 Å². The molecule has 200 valence electrons. The van der Waals surface area contributed by atoms with Crippen molar-refractivity contribution in [1.82, 2.24) is 24.5 Å². The van der Waals surface area contributed by atoms with Crippen LogP contribution in [-0.2, 0) is 12.3 Å². The number of thioether (sulfide) groups is 3. The molecule has 0 bridgehead atoms. The van der Waals surface area contributed by atoms with E-state index in [1.807, 2.05) is 54.0 Å². The zero-order chi connectivity index (χ0) is 24.6. The Labute approximate surface area is 241 Å². The van der Waals surface area contributed by atoms with Gasteiger partial charge in [-0.1, -0.05) is 23.9 Å². The van der Waals surface area contributed by atoms with E-state index in [4.69, 9.17) is 0 Å². The van der Waals surface area contributed by atoms with Crippen LogP contribution in [0, 0.1) is 24.0 Å².